The highest BCUT2D eigenvalue weighted by Crippen LogP contribution is 2.21. The van der Waals surface area contributed by atoms with E-state index in [9.17, 15) is 13.2 Å². The number of rotatable bonds is 3. The summed E-state index contributed by atoms with van der Waals surface area (Å²) in [4.78, 5) is 0. The Morgan fingerprint density at radius 1 is 1.00 bits per heavy atom. The van der Waals surface area contributed by atoms with Crippen molar-refractivity contribution in [1.29, 1.82) is 0 Å². The summed E-state index contributed by atoms with van der Waals surface area (Å²) in [5.74, 6) is -1.92. The standard InChI is InChI=1S/C14H11F3N2OS/c1-20-13-5-3-9(7-11(13)17)18-14(21)19-12-4-2-8(15)6-10(12)16/h2-7H,1H3,(H2,18,19,21). The molecule has 110 valence electrons. The second-order valence-electron chi connectivity index (χ2n) is 4.05. The normalized spacial score (nSPS) is 10.1. The van der Waals surface area contributed by atoms with E-state index in [-0.39, 0.29) is 16.5 Å². The first-order valence-electron chi connectivity index (χ1n) is 5.86. The Hall–Kier alpha value is -2.28. The molecule has 0 atom stereocenters. The number of anilines is 2. The molecule has 0 bridgehead atoms. The van der Waals surface area contributed by atoms with E-state index >= 15 is 0 Å². The number of ether oxygens (including phenoxy) is 1. The van der Waals surface area contributed by atoms with Crippen LogP contribution in [0.3, 0.4) is 0 Å². The quantitative estimate of drug-likeness (QED) is 0.842. The summed E-state index contributed by atoms with van der Waals surface area (Å²) in [6.45, 7) is 0. The average molecular weight is 312 g/mol. The zero-order valence-corrected chi connectivity index (χ0v) is 11.7. The monoisotopic (exact) mass is 312 g/mol. The van der Waals surface area contributed by atoms with Crippen molar-refractivity contribution in [3.8, 4) is 5.75 Å². The predicted molar refractivity (Wildman–Crippen MR) is 79.2 cm³/mol. The van der Waals surface area contributed by atoms with Crippen molar-refractivity contribution < 1.29 is 17.9 Å². The van der Waals surface area contributed by atoms with Gasteiger partial charge in [-0.05, 0) is 36.5 Å². The van der Waals surface area contributed by atoms with E-state index < -0.39 is 17.5 Å². The maximum atomic E-state index is 13.5. The number of methoxy groups -OCH3 is 1. The molecule has 2 rings (SSSR count). The second kappa shape index (κ2) is 6.45. The van der Waals surface area contributed by atoms with Crippen molar-refractivity contribution in [1.82, 2.24) is 0 Å². The van der Waals surface area contributed by atoms with Crippen molar-refractivity contribution in [2.24, 2.45) is 0 Å². The molecule has 2 N–H and O–H groups in total. The number of nitrogens with one attached hydrogen (secondary N) is 2. The van der Waals surface area contributed by atoms with Gasteiger partial charge in [0, 0.05) is 17.8 Å². The molecule has 0 spiro atoms. The summed E-state index contributed by atoms with van der Waals surface area (Å²) in [6, 6.07) is 7.22. The Labute approximate surface area is 124 Å². The molecule has 0 saturated heterocycles. The van der Waals surface area contributed by atoms with Crippen LogP contribution in [-0.2, 0) is 0 Å². The minimum Gasteiger partial charge on any atom is -0.494 e. The van der Waals surface area contributed by atoms with Gasteiger partial charge in [-0.25, -0.2) is 13.2 Å². The molecule has 0 aliphatic heterocycles. The van der Waals surface area contributed by atoms with Gasteiger partial charge in [0.25, 0.3) is 0 Å². The van der Waals surface area contributed by atoms with Crippen LogP contribution in [0.1, 0.15) is 0 Å². The lowest BCUT2D eigenvalue weighted by molar-refractivity contribution is 0.387. The lowest BCUT2D eigenvalue weighted by Crippen LogP contribution is -2.19. The van der Waals surface area contributed by atoms with Crippen LogP contribution in [0.2, 0.25) is 0 Å². The van der Waals surface area contributed by atoms with Crippen molar-refractivity contribution in [3.05, 3.63) is 53.8 Å². The maximum Gasteiger partial charge on any atom is 0.175 e. The van der Waals surface area contributed by atoms with Crippen LogP contribution in [0.4, 0.5) is 24.5 Å². The fraction of sp³-hybridized carbons (Fsp3) is 0.0714. The van der Waals surface area contributed by atoms with Gasteiger partial charge in [-0.3, -0.25) is 0 Å². The van der Waals surface area contributed by atoms with Gasteiger partial charge in [-0.2, -0.15) is 0 Å². The molecular formula is C14H11F3N2OS. The van der Waals surface area contributed by atoms with Gasteiger partial charge < -0.3 is 15.4 Å². The second-order valence-corrected chi connectivity index (χ2v) is 4.46. The maximum absolute atomic E-state index is 13.5. The predicted octanol–water partition coefficient (Wildman–Crippen LogP) is 3.92. The van der Waals surface area contributed by atoms with Crippen LogP contribution >= 0.6 is 12.2 Å². The third kappa shape index (κ3) is 3.85. The van der Waals surface area contributed by atoms with Gasteiger partial charge in [0.05, 0.1) is 12.8 Å². The van der Waals surface area contributed by atoms with Crippen LogP contribution < -0.4 is 15.4 Å². The number of thiocarbonyl (C=S) groups is 1. The molecule has 0 fully saturated rings. The van der Waals surface area contributed by atoms with Gasteiger partial charge in [-0.1, -0.05) is 0 Å². The van der Waals surface area contributed by atoms with Gasteiger partial charge in [0.15, 0.2) is 16.7 Å². The largest absolute Gasteiger partial charge is 0.494 e. The van der Waals surface area contributed by atoms with Crippen molar-refractivity contribution >= 4 is 28.7 Å². The molecule has 0 unspecified atom stereocenters. The highest BCUT2D eigenvalue weighted by molar-refractivity contribution is 7.80. The van der Waals surface area contributed by atoms with Gasteiger partial charge in [0.2, 0.25) is 0 Å². The first-order valence-corrected chi connectivity index (χ1v) is 6.27. The molecular weight excluding hydrogens is 301 g/mol. The molecule has 0 aliphatic rings. The van der Waals surface area contributed by atoms with Gasteiger partial charge >= 0.3 is 0 Å². The van der Waals surface area contributed by atoms with Crippen LogP contribution in [0.25, 0.3) is 0 Å². The lowest BCUT2D eigenvalue weighted by Gasteiger charge is -2.12. The molecule has 7 heteroatoms. The molecule has 0 aliphatic carbocycles. The molecule has 21 heavy (non-hydrogen) atoms. The van der Waals surface area contributed by atoms with Crippen LogP contribution in [-0.4, -0.2) is 12.2 Å². The minimum atomic E-state index is -0.778. The van der Waals surface area contributed by atoms with Crippen LogP contribution in [0.15, 0.2) is 36.4 Å². The topological polar surface area (TPSA) is 33.3 Å². The first kappa shape index (κ1) is 15.1. The molecule has 0 amide bonds. The lowest BCUT2D eigenvalue weighted by atomic mass is 10.3. The number of benzene rings is 2. The summed E-state index contributed by atoms with van der Waals surface area (Å²) >= 11 is 4.98. The van der Waals surface area contributed by atoms with Gasteiger partial charge in [0.1, 0.15) is 11.6 Å². The molecule has 2 aromatic rings. The number of hydrogen-bond acceptors (Lipinski definition) is 2. The van der Waals surface area contributed by atoms with Crippen LogP contribution in [0, 0.1) is 17.5 Å². The van der Waals surface area contributed by atoms with Crippen LogP contribution in [0.5, 0.6) is 5.75 Å². The van der Waals surface area contributed by atoms with E-state index in [2.05, 4.69) is 10.6 Å². The summed E-state index contributed by atoms with van der Waals surface area (Å²) in [7, 11) is 1.36. The minimum absolute atomic E-state index is 0.0166. The Balaban J connectivity index is 2.06. The van der Waals surface area contributed by atoms with E-state index in [4.69, 9.17) is 17.0 Å². The van der Waals surface area contributed by atoms with Crippen molar-refractivity contribution in [3.63, 3.8) is 0 Å². The summed E-state index contributed by atoms with van der Waals surface area (Å²) < 4.78 is 44.5. The fourth-order valence-corrected chi connectivity index (χ4v) is 1.85. The third-order valence-electron chi connectivity index (χ3n) is 2.59. The van der Waals surface area contributed by atoms with E-state index in [0.29, 0.717) is 5.69 Å². The zero-order chi connectivity index (χ0) is 15.4. The summed E-state index contributed by atoms with van der Waals surface area (Å²) in [6.07, 6.45) is 0. The van der Waals surface area contributed by atoms with Crippen molar-refractivity contribution in [2.75, 3.05) is 17.7 Å². The van der Waals surface area contributed by atoms with Gasteiger partial charge in [-0.15, -0.1) is 0 Å². The average Bonchev–Trinajstić information content (AvgIpc) is 2.42. The molecule has 0 radical (unpaired) electrons. The van der Waals surface area contributed by atoms with Crippen molar-refractivity contribution in [2.45, 2.75) is 0 Å². The number of halogens is 3. The van der Waals surface area contributed by atoms with E-state index in [0.717, 1.165) is 12.1 Å². The first-order chi connectivity index (χ1) is 9.99. The molecule has 2 aromatic carbocycles. The fourth-order valence-electron chi connectivity index (χ4n) is 1.62. The van der Waals surface area contributed by atoms with E-state index in [1.165, 1.54) is 25.3 Å². The molecule has 3 nitrogen and oxygen atoms in total. The molecule has 0 aromatic heterocycles. The molecule has 0 saturated carbocycles. The summed E-state index contributed by atoms with van der Waals surface area (Å²) in [5, 5.41) is 5.29. The Morgan fingerprint density at radius 3 is 2.38 bits per heavy atom. The highest BCUT2D eigenvalue weighted by atomic mass is 32.1. The summed E-state index contributed by atoms with van der Waals surface area (Å²) in [5.41, 5.74) is 0.385. The Morgan fingerprint density at radius 2 is 1.76 bits per heavy atom. The Kier molecular flexibility index (Phi) is 4.64. The Bertz CT molecular complexity index is 679. The zero-order valence-electron chi connectivity index (χ0n) is 10.9. The number of hydrogen-bond donors (Lipinski definition) is 2. The molecule has 0 heterocycles. The SMILES string of the molecule is COc1ccc(NC(=S)Nc2ccc(F)cc2F)cc1F. The van der Waals surface area contributed by atoms with E-state index in [1.54, 1.807) is 6.07 Å². The van der Waals surface area contributed by atoms with E-state index in [1.807, 2.05) is 0 Å². The highest BCUT2D eigenvalue weighted by Gasteiger charge is 2.07. The third-order valence-corrected chi connectivity index (χ3v) is 2.79. The smallest absolute Gasteiger partial charge is 0.175 e.